The van der Waals surface area contributed by atoms with Crippen LogP contribution in [0.1, 0.15) is 44.4 Å². The van der Waals surface area contributed by atoms with Gasteiger partial charge in [-0.2, -0.15) is 0 Å². The van der Waals surface area contributed by atoms with Gasteiger partial charge >= 0.3 is 6.09 Å². The summed E-state index contributed by atoms with van der Waals surface area (Å²) in [5.74, 6) is -0.563. The second kappa shape index (κ2) is 7.56. The van der Waals surface area contributed by atoms with Gasteiger partial charge in [-0.3, -0.25) is 0 Å². The van der Waals surface area contributed by atoms with E-state index in [0.717, 1.165) is 5.56 Å². The number of aliphatic hydroxyl groups is 2. The molecule has 1 amide bonds. The zero-order valence-corrected chi connectivity index (χ0v) is 13.4. The van der Waals surface area contributed by atoms with Crippen molar-refractivity contribution in [2.24, 2.45) is 0 Å². The number of rotatable bonds is 5. The van der Waals surface area contributed by atoms with Crippen molar-refractivity contribution in [2.45, 2.75) is 51.9 Å². The second-order valence-electron chi connectivity index (χ2n) is 6.25. The predicted octanol–water partition coefficient (Wildman–Crippen LogP) is 2.44. The van der Waals surface area contributed by atoms with Gasteiger partial charge in [0.2, 0.25) is 0 Å². The van der Waals surface area contributed by atoms with E-state index in [-0.39, 0.29) is 18.5 Å². The number of amides is 1. The lowest BCUT2D eigenvalue weighted by atomic mass is 10.0. The van der Waals surface area contributed by atoms with Crippen LogP contribution in [0.5, 0.6) is 0 Å². The number of nitrogens with one attached hydrogen (secondary N) is 1. The van der Waals surface area contributed by atoms with Gasteiger partial charge in [0.1, 0.15) is 17.5 Å². The molecule has 0 saturated carbocycles. The molecule has 0 heterocycles. The number of halogens is 1. The molecule has 2 atom stereocenters. The van der Waals surface area contributed by atoms with Gasteiger partial charge in [0, 0.05) is 12.1 Å². The zero-order valence-electron chi connectivity index (χ0n) is 13.4. The number of aryl methyl sites for hydroxylation is 1. The van der Waals surface area contributed by atoms with Crippen LogP contribution in [-0.2, 0) is 4.74 Å². The number of carbonyl (C=O) groups excluding carboxylic acids is 1. The summed E-state index contributed by atoms with van der Waals surface area (Å²) in [5, 5.41) is 22.4. The van der Waals surface area contributed by atoms with Crippen molar-refractivity contribution in [1.29, 1.82) is 0 Å². The summed E-state index contributed by atoms with van der Waals surface area (Å²) in [6, 6.07) is 4.40. The molecule has 0 radical (unpaired) electrons. The highest BCUT2D eigenvalue weighted by atomic mass is 19.1. The molecule has 0 aliphatic rings. The quantitative estimate of drug-likeness (QED) is 0.780. The number of aliphatic hydroxyl groups excluding tert-OH is 2. The van der Waals surface area contributed by atoms with Crippen molar-refractivity contribution < 1.29 is 24.1 Å². The van der Waals surface area contributed by atoms with Crippen molar-refractivity contribution in [3.63, 3.8) is 0 Å². The van der Waals surface area contributed by atoms with Crippen LogP contribution in [0.2, 0.25) is 0 Å². The first kappa shape index (κ1) is 18.4. The van der Waals surface area contributed by atoms with Crippen molar-refractivity contribution in [2.75, 3.05) is 6.54 Å². The summed E-state index contributed by atoms with van der Waals surface area (Å²) in [6.07, 6.45) is -3.06. The molecule has 124 valence electrons. The zero-order chi connectivity index (χ0) is 16.9. The molecule has 0 bridgehead atoms. The average molecular weight is 313 g/mol. The molecular weight excluding hydrogens is 289 g/mol. The van der Waals surface area contributed by atoms with Crippen LogP contribution in [0.3, 0.4) is 0 Å². The number of carbonyl (C=O) groups is 1. The minimum atomic E-state index is -1.35. The summed E-state index contributed by atoms with van der Waals surface area (Å²) in [4.78, 5) is 11.4. The number of benzene rings is 1. The van der Waals surface area contributed by atoms with Crippen molar-refractivity contribution in [3.05, 3.63) is 35.1 Å². The van der Waals surface area contributed by atoms with Crippen molar-refractivity contribution in [3.8, 4) is 0 Å². The van der Waals surface area contributed by atoms with Crippen LogP contribution in [0.25, 0.3) is 0 Å². The molecule has 3 N–H and O–H groups in total. The lowest BCUT2D eigenvalue weighted by Gasteiger charge is -2.21. The van der Waals surface area contributed by atoms with Crippen LogP contribution in [-0.4, -0.2) is 34.6 Å². The Balaban J connectivity index is 2.48. The van der Waals surface area contributed by atoms with Crippen molar-refractivity contribution >= 4 is 6.09 Å². The fourth-order valence-electron chi connectivity index (χ4n) is 1.87. The number of alkyl carbamates (subject to hydrolysis) is 1. The maximum Gasteiger partial charge on any atom is 0.407 e. The van der Waals surface area contributed by atoms with Gasteiger partial charge in [0.05, 0.1) is 6.10 Å². The molecule has 0 aromatic heterocycles. The summed E-state index contributed by atoms with van der Waals surface area (Å²) >= 11 is 0. The maximum absolute atomic E-state index is 13.7. The summed E-state index contributed by atoms with van der Waals surface area (Å²) in [5.41, 5.74) is 0.164. The number of hydrogen-bond acceptors (Lipinski definition) is 4. The first-order chi connectivity index (χ1) is 10.1. The van der Waals surface area contributed by atoms with E-state index in [2.05, 4.69) is 5.32 Å². The van der Waals surface area contributed by atoms with Gasteiger partial charge < -0.3 is 20.3 Å². The molecule has 1 aromatic carbocycles. The molecule has 1 aromatic rings. The lowest BCUT2D eigenvalue weighted by molar-refractivity contribution is 0.0104. The summed E-state index contributed by atoms with van der Waals surface area (Å²) in [7, 11) is 0. The van der Waals surface area contributed by atoms with E-state index < -0.39 is 29.7 Å². The van der Waals surface area contributed by atoms with Gasteiger partial charge in [-0.15, -0.1) is 0 Å². The Morgan fingerprint density at radius 3 is 2.55 bits per heavy atom. The second-order valence-corrected chi connectivity index (χ2v) is 6.25. The van der Waals surface area contributed by atoms with E-state index in [4.69, 9.17) is 4.74 Å². The van der Waals surface area contributed by atoms with Gasteiger partial charge in [-0.1, -0.05) is 12.1 Å². The fraction of sp³-hybridized carbons (Fsp3) is 0.562. The minimum absolute atomic E-state index is 0.0374. The van der Waals surface area contributed by atoms with E-state index >= 15 is 0 Å². The minimum Gasteiger partial charge on any atom is -0.444 e. The third-order valence-corrected chi connectivity index (χ3v) is 2.95. The van der Waals surface area contributed by atoms with Gasteiger partial charge in [-0.25, -0.2) is 9.18 Å². The van der Waals surface area contributed by atoms with Gasteiger partial charge in [0.25, 0.3) is 0 Å². The maximum atomic E-state index is 13.7. The van der Waals surface area contributed by atoms with Crippen LogP contribution in [0, 0.1) is 12.7 Å². The molecule has 0 fully saturated rings. The highest BCUT2D eigenvalue weighted by molar-refractivity contribution is 5.67. The Hall–Kier alpha value is -1.66. The number of ether oxygens (including phenoxy) is 1. The SMILES string of the molecule is Cc1ccc(C(O)C(O)CCNC(=O)OC(C)(C)C)c(F)c1. The Morgan fingerprint density at radius 2 is 2.00 bits per heavy atom. The molecule has 22 heavy (non-hydrogen) atoms. The van der Waals surface area contributed by atoms with Crippen LogP contribution in [0.4, 0.5) is 9.18 Å². The molecule has 0 spiro atoms. The third-order valence-electron chi connectivity index (χ3n) is 2.95. The normalized spacial score (nSPS) is 14.3. The molecule has 0 saturated heterocycles. The highest BCUT2D eigenvalue weighted by Crippen LogP contribution is 2.22. The average Bonchev–Trinajstić information content (AvgIpc) is 2.35. The fourth-order valence-corrected chi connectivity index (χ4v) is 1.87. The Morgan fingerprint density at radius 1 is 1.36 bits per heavy atom. The number of hydrogen-bond donors (Lipinski definition) is 3. The van der Waals surface area contributed by atoms with Gasteiger partial charge in [-0.05, 0) is 45.7 Å². The van der Waals surface area contributed by atoms with E-state index in [9.17, 15) is 19.4 Å². The Bertz CT molecular complexity index is 513. The molecule has 0 aliphatic carbocycles. The highest BCUT2D eigenvalue weighted by Gasteiger charge is 2.22. The Labute approximate surface area is 130 Å². The lowest BCUT2D eigenvalue weighted by Crippen LogP contribution is -2.34. The predicted molar refractivity (Wildman–Crippen MR) is 81.0 cm³/mol. The standard InChI is InChI=1S/C16H24FNO4/c1-10-5-6-11(12(17)9-10)14(20)13(19)7-8-18-15(21)22-16(2,3)4/h5-6,9,13-14,19-20H,7-8H2,1-4H3,(H,18,21). The third kappa shape index (κ3) is 5.99. The first-order valence-electron chi connectivity index (χ1n) is 7.19. The first-order valence-corrected chi connectivity index (χ1v) is 7.19. The van der Waals surface area contributed by atoms with E-state index in [1.54, 1.807) is 33.8 Å². The van der Waals surface area contributed by atoms with Crippen LogP contribution >= 0.6 is 0 Å². The van der Waals surface area contributed by atoms with Crippen LogP contribution in [0.15, 0.2) is 18.2 Å². The monoisotopic (exact) mass is 313 g/mol. The van der Waals surface area contributed by atoms with Gasteiger partial charge in [0.15, 0.2) is 0 Å². The molecule has 6 heteroatoms. The topological polar surface area (TPSA) is 78.8 Å². The van der Waals surface area contributed by atoms with E-state index in [1.165, 1.54) is 12.1 Å². The van der Waals surface area contributed by atoms with Crippen LogP contribution < -0.4 is 5.32 Å². The van der Waals surface area contributed by atoms with E-state index in [1.807, 2.05) is 0 Å². The van der Waals surface area contributed by atoms with E-state index in [0.29, 0.717) is 0 Å². The Kier molecular flexibility index (Phi) is 6.32. The molecular formula is C16H24FNO4. The summed E-state index contributed by atoms with van der Waals surface area (Å²) < 4.78 is 18.8. The molecule has 5 nitrogen and oxygen atoms in total. The molecule has 0 aliphatic heterocycles. The molecule has 1 rings (SSSR count). The van der Waals surface area contributed by atoms with Crippen molar-refractivity contribution in [1.82, 2.24) is 5.32 Å². The largest absolute Gasteiger partial charge is 0.444 e. The smallest absolute Gasteiger partial charge is 0.407 e. The molecule has 2 unspecified atom stereocenters. The summed E-state index contributed by atoms with van der Waals surface area (Å²) in [6.45, 7) is 7.07.